The maximum atomic E-state index is 12.4. The molecule has 82 valence electrons. The van der Waals surface area contributed by atoms with Crippen LogP contribution in [0, 0.1) is 0 Å². The number of Topliss-reactive ketones (excluding diaryl/α,β-unsaturated/α-hetero) is 1. The van der Waals surface area contributed by atoms with Crippen LogP contribution in [0.1, 0.15) is 22.8 Å². The highest BCUT2D eigenvalue weighted by atomic mass is 79.9. The van der Waals surface area contributed by atoms with Crippen LogP contribution in [0.4, 0.5) is 13.2 Å². The lowest BCUT2D eigenvalue weighted by Crippen LogP contribution is -2.07. The van der Waals surface area contributed by atoms with Gasteiger partial charge in [0.1, 0.15) is 11.3 Å². The SMILES string of the molecule is CC(=O)c1cc(O)c(C(F)(F)F)c(Br)c1. The van der Waals surface area contributed by atoms with E-state index in [-0.39, 0.29) is 10.0 Å². The van der Waals surface area contributed by atoms with Crippen LogP contribution in [0.5, 0.6) is 5.75 Å². The van der Waals surface area contributed by atoms with Crippen LogP contribution < -0.4 is 0 Å². The van der Waals surface area contributed by atoms with Crippen LogP contribution in [-0.2, 0) is 6.18 Å². The summed E-state index contributed by atoms with van der Waals surface area (Å²) in [6.45, 7) is 1.20. The second-order valence-electron chi connectivity index (χ2n) is 2.91. The summed E-state index contributed by atoms with van der Waals surface area (Å²) in [5, 5.41) is 9.15. The largest absolute Gasteiger partial charge is 0.507 e. The predicted octanol–water partition coefficient (Wildman–Crippen LogP) is 3.38. The Hall–Kier alpha value is -1.04. The zero-order valence-corrected chi connectivity index (χ0v) is 9.11. The standard InChI is InChI=1S/C9H6BrF3O2/c1-4(14)5-2-6(10)8(7(15)3-5)9(11,12)13/h2-3,15H,1H3. The van der Waals surface area contributed by atoms with Crippen LogP contribution in [-0.4, -0.2) is 10.9 Å². The van der Waals surface area contributed by atoms with Crippen molar-refractivity contribution >= 4 is 21.7 Å². The highest BCUT2D eigenvalue weighted by Gasteiger charge is 2.36. The third-order valence-corrected chi connectivity index (χ3v) is 2.38. The first kappa shape index (κ1) is 12.0. The van der Waals surface area contributed by atoms with Crippen molar-refractivity contribution in [2.45, 2.75) is 13.1 Å². The Morgan fingerprint density at radius 2 is 1.93 bits per heavy atom. The van der Waals surface area contributed by atoms with Gasteiger partial charge in [-0.05, 0) is 19.1 Å². The van der Waals surface area contributed by atoms with Crippen molar-refractivity contribution in [3.05, 3.63) is 27.7 Å². The van der Waals surface area contributed by atoms with Crippen LogP contribution in [0.3, 0.4) is 0 Å². The van der Waals surface area contributed by atoms with Crippen molar-refractivity contribution < 1.29 is 23.1 Å². The van der Waals surface area contributed by atoms with Gasteiger partial charge in [-0.25, -0.2) is 0 Å². The second-order valence-corrected chi connectivity index (χ2v) is 3.76. The zero-order chi connectivity index (χ0) is 11.8. The molecule has 0 heterocycles. The lowest BCUT2D eigenvalue weighted by Gasteiger charge is -2.11. The normalized spacial score (nSPS) is 11.5. The van der Waals surface area contributed by atoms with Gasteiger partial charge in [0.15, 0.2) is 5.78 Å². The molecular formula is C9H6BrF3O2. The third kappa shape index (κ3) is 2.50. The van der Waals surface area contributed by atoms with E-state index >= 15 is 0 Å². The summed E-state index contributed by atoms with van der Waals surface area (Å²) in [6.07, 6.45) is -4.65. The summed E-state index contributed by atoms with van der Waals surface area (Å²) in [7, 11) is 0. The lowest BCUT2D eigenvalue weighted by atomic mass is 10.1. The molecule has 0 amide bonds. The molecule has 0 atom stereocenters. The van der Waals surface area contributed by atoms with Crippen LogP contribution in [0.2, 0.25) is 0 Å². The number of alkyl halides is 3. The fourth-order valence-electron chi connectivity index (χ4n) is 1.08. The first-order chi connectivity index (χ1) is 6.73. The Morgan fingerprint density at radius 1 is 1.40 bits per heavy atom. The molecule has 0 saturated carbocycles. The number of hydrogen-bond acceptors (Lipinski definition) is 2. The van der Waals surface area contributed by atoms with E-state index in [1.165, 1.54) is 6.92 Å². The molecule has 0 aliphatic carbocycles. The molecule has 0 fully saturated rings. The summed E-state index contributed by atoms with van der Waals surface area (Å²) in [5.74, 6) is -1.37. The molecule has 15 heavy (non-hydrogen) atoms. The zero-order valence-electron chi connectivity index (χ0n) is 7.52. The van der Waals surface area contributed by atoms with Crippen molar-refractivity contribution in [1.82, 2.24) is 0 Å². The average molecular weight is 283 g/mol. The Morgan fingerprint density at radius 3 is 2.27 bits per heavy atom. The minimum Gasteiger partial charge on any atom is -0.507 e. The van der Waals surface area contributed by atoms with E-state index < -0.39 is 23.3 Å². The van der Waals surface area contributed by atoms with E-state index in [0.29, 0.717) is 0 Å². The number of aromatic hydroxyl groups is 1. The lowest BCUT2D eigenvalue weighted by molar-refractivity contribution is -0.139. The van der Waals surface area contributed by atoms with E-state index in [1.54, 1.807) is 0 Å². The van der Waals surface area contributed by atoms with Gasteiger partial charge in [-0.1, -0.05) is 15.9 Å². The second kappa shape index (κ2) is 3.84. The molecule has 1 rings (SSSR count). The molecule has 0 saturated heterocycles. The minimum atomic E-state index is -4.65. The van der Waals surface area contributed by atoms with Crippen LogP contribution in [0.25, 0.3) is 0 Å². The summed E-state index contributed by atoms with van der Waals surface area (Å²) in [5.41, 5.74) is -1.15. The number of phenolic OH excluding ortho intramolecular Hbond substituents is 1. The van der Waals surface area contributed by atoms with E-state index in [4.69, 9.17) is 5.11 Å². The van der Waals surface area contributed by atoms with Gasteiger partial charge in [0, 0.05) is 10.0 Å². The number of halogens is 4. The van der Waals surface area contributed by atoms with Gasteiger partial charge in [-0.15, -0.1) is 0 Å². The molecule has 0 aliphatic heterocycles. The van der Waals surface area contributed by atoms with E-state index in [2.05, 4.69) is 15.9 Å². The van der Waals surface area contributed by atoms with E-state index in [9.17, 15) is 18.0 Å². The molecule has 0 bridgehead atoms. The average Bonchev–Trinajstić information content (AvgIpc) is 1.99. The van der Waals surface area contributed by atoms with Gasteiger partial charge in [0.2, 0.25) is 0 Å². The van der Waals surface area contributed by atoms with Gasteiger partial charge >= 0.3 is 6.18 Å². The van der Waals surface area contributed by atoms with Crippen molar-refractivity contribution in [3.63, 3.8) is 0 Å². The maximum Gasteiger partial charge on any atom is 0.421 e. The molecule has 1 aromatic carbocycles. The van der Waals surface area contributed by atoms with Crippen molar-refractivity contribution in [1.29, 1.82) is 0 Å². The van der Waals surface area contributed by atoms with Gasteiger partial charge in [-0.3, -0.25) is 4.79 Å². The first-order valence-electron chi connectivity index (χ1n) is 3.84. The van der Waals surface area contributed by atoms with Crippen molar-refractivity contribution in [2.75, 3.05) is 0 Å². The Labute approximate surface area is 91.8 Å². The maximum absolute atomic E-state index is 12.4. The number of phenols is 1. The molecule has 0 aromatic heterocycles. The highest BCUT2D eigenvalue weighted by Crippen LogP contribution is 2.41. The predicted molar refractivity (Wildman–Crippen MR) is 50.8 cm³/mol. The van der Waals surface area contributed by atoms with Gasteiger partial charge in [0.05, 0.1) is 0 Å². The van der Waals surface area contributed by atoms with E-state index in [1.807, 2.05) is 0 Å². The number of carbonyl (C=O) groups excluding carboxylic acids is 1. The number of rotatable bonds is 1. The summed E-state index contributed by atoms with van der Waals surface area (Å²) in [6, 6.07) is 1.83. The number of carbonyl (C=O) groups is 1. The summed E-state index contributed by atoms with van der Waals surface area (Å²) < 4.78 is 36.8. The fraction of sp³-hybridized carbons (Fsp3) is 0.222. The van der Waals surface area contributed by atoms with Gasteiger partial charge < -0.3 is 5.11 Å². The van der Waals surface area contributed by atoms with Gasteiger partial charge in [-0.2, -0.15) is 13.2 Å². The monoisotopic (exact) mass is 282 g/mol. The summed E-state index contributed by atoms with van der Waals surface area (Å²) in [4.78, 5) is 10.9. The number of ketones is 1. The van der Waals surface area contributed by atoms with E-state index in [0.717, 1.165) is 12.1 Å². The molecule has 0 radical (unpaired) electrons. The fourth-order valence-corrected chi connectivity index (χ4v) is 1.75. The quantitative estimate of drug-likeness (QED) is 0.802. The molecule has 1 N–H and O–H groups in total. The third-order valence-electron chi connectivity index (χ3n) is 1.76. The molecule has 6 heteroatoms. The van der Waals surface area contributed by atoms with Crippen molar-refractivity contribution in [2.24, 2.45) is 0 Å². The first-order valence-corrected chi connectivity index (χ1v) is 4.63. The minimum absolute atomic E-state index is 0.0207. The summed E-state index contributed by atoms with van der Waals surface area (Å²) >= 11 is 2.67. The Kier molecular flexibility index (Phi) is 3.08. The Balaban J connectivity index is 3.41. The van der Waals surface area contributed by atoms with Crippen molar-refractivity contribution in [3.8, 4) is 5.75 Å². The molecule has 0 aliphatic rings. The topological polar surface area (TPSA) is 37.3 Å². The van der Waals surface area contributed by atoms with Gasteiger partial charge in [0.25, 0.3) is 0 Å². The van der Waals surface area contributed by atoms with Crippen LogP contribution >= 0.6 is 15.9 Å². The molecule has 0 unspecified atom stereocenters. The highest BCUT2D eigenvalue weighted by molar-refractivity contribution is 9.10. The smallest absolute Gasteiger partial charge is 0.421 e. The molecule has 2 nitrogen and oxygen atoms in total. The van der Waals surface area contributed by atoms with Crippen LogP contribution in [0.15, 0.2) is 16.6 Å². The molecule has 0 spiro atoms. The number of benzene rings is 1. The molecular weight excluding hydrogens is 277 g/mol. The molecule has 1 aromatic rings. The number of hydrogen-bond donors (Lipinski definition) is 1. The Bertz CT molecular complexity index is 389.